The zero-order valence-corrected chi connectivity index (χ0v) is 14.3. The van der Waals surface area contributed by atoms with Crippen molar-refractivity contribution in [3.63, 3.8) is 0 Å². The Morgan fingerprint density at radius 2 is 2.17 bits per heavy atom. The molecule has 1 heterocycles. The third-order valence-corrected chi connectivity index (χ3v) is 3.53. The standard InChI is InChI=1S/C18H26N2O3/c1-6-7-15-16(9-8-14-12(2)20-23-17(14)15)22-11-13(21)10-19-18(3,4)5/h6,8-9,13,19,21H,1,7,10-11H2,2-5H3. The van der Waals surface area contributed by atoms with E-state index < -0.39 is 6.10 Å². The number of rotatable bonds is 7. The number of nitrogens with zero attached hydrogens (tertiary/aromatic N) is 1. The third kappa shape index (κ3) is 4.56. The van der Waals surface area contributed by atoms with Crippen LogP contribution in [0.5, 0.6) is 5.75 Å². The van der Waals surface area contributed by atoms with Gasteiger partial charge in [-0.15, -0.1) is 6.58 Å². The van der Waals surface area contributed by atoms with Gasteiger partial charge in [0.2, 0.25) is 0 Å². The second-order valence-corrected chi connectivity index (χ2v) is 6.78. The lowest BCUT2D eigenvalue weighted by Gasteiger charge is -2.23. The van der Waals surface area contributed by atoms with Crippen LogP contribution in [0.25, 0.3) is 11.0 Å². The zero-order valence-electron chi connectivity index (χ0n) is 14.3. The highest BCUT2D eigenvalue weighted by atomic mass is 16.5. The van der Waals surface area contributed by atoms with Crippen molar-refractivity contribution in [1.29, 1.82) is 0 Å². The number of ether oxygens (including phenoxy) is 1. The van der Waals surface area contributed by atoms with Crippen LogP contribution in [0.1, 0.15) is 32.0 Å². The monoisotopic (exact) mass is 318 g/mol. The molecule has 2 N–H and O–H groups in total. The fourth-order valence-corrected chi connectivity index (χ4v) is 2.30. The van der Waals surface area contributed by atoms with Crippen LogP contribution in [-0.4, -0.2) is 35.1 Å². The summed E-state index contributed by atoms with van der Waals surface area (Å²) in [6.45, 7) is 12.6. The summed E-state index contributed by atoms with van der Waals surface area (Å²) in [5.41, 5.74) is 2.45. The highest BCUT2D eigenvalue weighted by Crippen LogP contribution is 2.30. The molecule has 126 valence electrons. The number of β-amino-alcohol motifs (C(OH)–C–C–N with tert-alkyl or cyclic N) is 1. The van der Waals surface area contributed by atoms with Gasteiger partial charge in [-0.05, 0) is 46.2 Å². The first-order chi connectivity index (χ1) is 10.8. The predicted octanol–water partition coefficient (Wildman–Crippen LogP) is 2.99. The lowest BCUT2D eigenvalue weighted by Crippen LogP contribution is -2.42. The normalized spacial score (nSPS) is 13.3. The zero-order chi connectivity index (χ0) is 17.0. The number of nitrogens with one attached hydrogen (secondary N) is 1. The van der Waals surface area contributed by atoms with Crippen molar-refractivity contribution in [2.45, 2.75) is 45.8 Å². The number of aliphatic hydroxyl groups excluding tert-OH is 1. The van der Waals surface area contributed by atoms with Crippen molar-refractivity contribution in [2.75, 3.05) is 13.2 Å². The average Bonchev–Trinajstić information content (AvgIpc) is 2.85. The summed E-state index contributed by atoms with van der Waals surface area (Å²) in [7, 11) is 0. The fraction of sp³-hybridized carbons (Fsp3) is 0.500. The number of benzene rings is 1. The van der Waals surface area contributed by atoms with Gasteiger partial charge >= 0.3 is 0 Å². The molecule has 0 aliphatic heterocycles. The number of aromatic nitrogens is 1. The minimum absolute atomic E-state index is 0.0365. The van der Waals surface area contributed by atoms with Gasteiger partial charge in [-0.2, -0.15) is 0 Å². The van der Waals surface area contributed by atoms with Crippen molar-refractivity contribution in [2.24, 2.45) is 0 Å². The van der Waals surface area contributed by atoms with E-state index >= 15 is 0 Å². The molecule has 5 heteroatoms. The van der Waals surface area contributed by atoms with Gasteiger partial charge in [0, 0.05) is 23.0 Å². The van der Waals surface area contributed by atoms with Crippen LogP contribution in [0.2, 0.25) is 0 Å². The minimum atomic E-state index is -0.585. The molecule has 0 spiro atoms. The van der Waals surface area contributed by atoms with Gasteiger partial charge in [0.05, 0.1) is 5.69 Å². The van der Waals surface area contributed by atoms with Gasteiger partial charge in [0.15, 0.2) is 5.58 Å². The Balaban J connectivity index is 2.10. The van der Waals surface area contributed by atoms with Crippen LogP contribution in [0.3, 0.4) is 0 Å². The van der Waals surface area contributed by atoms with Gasteiger partial charge in [0.25, 0.3) is 0 Å². The van der Waals surface area contributed by atoms with Crippen LogP contribution < -0.4 is 10.1 Å². The summed E-state index contributed by atoms with van der Waals surface area (Å²) in [5.74, 6) is 0.698. The molecule has 0 radical (unpaired) electrons. The summed E-state index contributed by atoms with van der Waals surface area (Å²) in [4.78, 5) is 0. The van der Waals surface area contributed by atoms with E-state index in [1.165, 1.54) is 0 Å². The van der Waals surface area contributed by atoms with Crippen molar-refractivity contribution >= 4 is 11.0 Å². The maximum Gasteiger partial charge on any atom is 0.174 e. The highest BCUT2D eigenvalue weighted by Gasteiger charge is 2.16. The fourth-order valence-electron chi connectivity index (χ4n) is 2.30. The van der Waals surface area contributed by atoms with E-state index in [1.54, 1.807) is 6.08 Å². The predicted molar refractivity (Wildman–Crippen MR) is 91.9 cm³/mol. The minimum Gasteiger partial charge on any atom is -0.490 e. The van der Waals surface area contributed by atoms with E-state index in [-0.39, 0.29) is 12.1 Å². The largest absolute Gasteiger partial charge is 0.490 e. The maximum absolute atomic E-state index is 10.1. The van der Waals surface area contributed by atoms with Gasteiger partial charge in [-0.25, -0.2) is 0 Å². The number of fused-ring (bicyclic) bond motifs is 1. The number of aryl methyl sites for hydroxylation is 1. The molecule has 1 unspecified atom stereocenters. The van der Waals surface area contributed by atoms with Crippen LogP contribution in [0, 0.1) is 6.92 Å². The van der Waals surface area contributed by atoms with Gasteiger partial charge < -0.3 is 19.7 Å². The second-order valence-electron chi connectivity index (χ2n) is 6.78. The van der Waals surface area contributed by atoms with E-state index in [4.69, 9.17) is 9.26 Å². The van der Waals surface area contributed by atoms with Crippen molar-refractivity contribution in [3.8, 4) is 5.75 Å². The second kappa shape index (κ2) is 7.15. The summed E-state index contributed by atoms with van der Waals surface area (Å²) in [5, 5.41) is 18.3. The topological polar surface area (TPSA) is 67.5 Å². The Labute approximate surface area is 137 Å². The highest BCUT2D eigenvalue weighted by molar-refractivity contribution is 5.84. The van der Waals surface area contributed by atoms with E-state index in [9.17, 15) is 5.11 Å². The molecule has 0 bridgehead atoms. The summed E-state index contributed by atoms with van der Waals surface area (Å²) in [6.07, 6.45) is 1.84. The van der Waals surface area contributed by atoms with Crippen molar-refractivity contribution in [1.82, 2.24) is 10.5 Å². The Hall–Kier alpha value is -1.85. The smallest absolute Gasteiger partial charge is 0.174 e. The maximum atomic E-state index is 10.1. The number of allylic oxidation sites excluding steroid dienone is 1. The molecule has 2 rings (SSSR count). The molecule has 0 saturated carbocycles. The Morgan fingerprint density at radius 3 is 2.83 bits per heavy atom. The van der Waals surface area contributed by atoms with Gasteiger partial charge in [-0.3, -0.25) is 0 Å². The lowest BCUT2D eigenvalue weighted by molar-refractivity contribution is 0.0996. The first-order valence-corrected chi connectivity index (χ1v) is 7.86. The van der Waals surface area contributed by atoms with Crippen LogP contribution >= 0.6 is 0 Å². The molecule has 0 aliphatic carbocycles. The Morgan fingerprint density at radius 1 is 1.43 bits per heavy atom. The van der Waals surface area contributed by atoms with E-state index in [0.29, 0.717) is 18.7 Å². The molecule has 1 aromatic carbocycles. The van der Waals surface area contributed by atoms with E-state index in [0.717, 1.165) is 22.2 Å². The van der Waals surface area contributed by atoms with Crippen LogP contribution in [-0.2, 0) is 6.42 Å². The summed E-state index contributed by atoms with van der Waals surface area (Å²) >= 11 is 0. The molecule has 2 aromatic rings. The first-order valence-electron chi connectivity index (χ1n) is 7.86. The first kappa shape index (κ1) is 17.5. The summed E-state index contributed by atoms with van der Waals surface area (Å²) < 4.78 is 11.2. The van der Waals surface area contributed by atoms with Crippen LogP contribution in [0.4, 0.5) is 0 Å². The molecule has 0 amide bonds. The number of hydrogen-bond donors (Lipinski definition) is 2. The molecule has 0 aliphatic rings. The van der Waals surface area contributed by atoms with Crippen LogP contribution in [0.15, 0.2) is 29.3 Å². The Bertz CT molecular complexity index is 671. The molecule has 0 fully saturated rings. The van der Waals surface area contributed by atoms with Crippen molar-refractivity contribution < 1.29 is 14.4 Å². The number of aliphatic hydroxyl groups is 1. The lowest BCUT2D eigenvalue weighted by atomic mass is 10.1. The third-order valence-electron chi connectivity index (χ3n) is 3.53. The number of hydrogen-bond acceptors (Lipinski definition) is 5. The van der Waals surface area contributed by atoms with E-state index in [2.05, 4.69) is 37.8 Å². The molecular weight excluding hydrogens is 292 g/mol. The Kier molecular flexibility index (Phi) is 5.44. The average molecular weight is 318 g/mol. The molecular formula is C18H26N2O3. The van der Waals surface area contributed by atoms with E-state index in [1.807, 2.05) is 19.1 Å². The SMILES string of the molecule is C=CCc1c(OCC(O)CNC(C)(C)C)ccc2c(C)noc12. The molecule has 1 atom stereocenters. The molecule has 5 nitrogen and oxygen atoms in total. The van der Waals surface area contributed by atoms with Gasteiger partial charge in [-0.1, -0.05) is 11.2 Å². The van der Waals surface area contributed by atoms with Crippen molar-refractivity contribution in [3.05, 3.63) is 36.0 Å². The molecule has 0 saturated heterocycles. The van der Waals surface area contributed by atoms with Gasteiger partial charge in [0.1, 0.15) is 18.5 Å². The quantitative estimate of drug-likeness (QED) is 0.768. The molecule has 1 aromatic heterocycles. The molecule has 23 heavy (non-hydrogen) atoms. The summed E-state index contributed by atoms with van der Waals surface area (Å²) in [6, 6.07) is 3.83.